The van der Waals surface area contributed by atoms with Gasteiger partial charge in [0.2, 0.25) is 0 Å². The Hall–Kier alpha value is -4.92. The van der Waals surface area contributed by atoms with Crippen LogP contribution in [-0.2, 0) is 32.6 Å². The lowest BCUT2D eigenvalue weighted by Crippen LogP contribution is -2.26. The van der Waals surface area contributed by atoms with E-state index in [0.29, 0.717) is 76.3 Å². The first-order valence-electron chi connectivity index (χ1n) is 17.4. The minimum absolute atomic E-state index is 0.122. The molecule has 2 heterocycles. The van der Waals surface area contributed by atoms with Gasteiger partial charge in [0.05, 0.1) is 45.6 Å². The van der Waals surface area contributed by atoms with E-state index in [1.165, 1.54) is 6.33 Å². The molecule has 0 aliphatic rings. The average molecular weight is 704 g/mol. The Morgan fingerprint density at radius 3 is 2.31 bits per heavy atom. The zero-order chi connectivity index (χ0) is 36.1. The summed E-state index contributed by atoms with van der Waals surface area (Å²) in [4.78, 5) is 31.8. The van der Waals surface area contributed by atoms with Crippen molar-refractivity contribution in [1.82, 2.24) is 30.0 Å². The summed E-state index contributed by atoms with van der Waals surface area (Å²) in [6, 6.07) is 16.8. The number of unbranched alkanes of at least 4 members (excludes halogenated alkanes) is 3. The number of anilines is 1. The third-order valence-electron chi connectivity index (χ3n) is 7.93. The Morgan fingerprint density at radius 1 is 0.843 bits per heavy atom. The fourth-order valence-electron chi connectivity index (χ4n) is 5.07. The van der Waals surface area contributed by atoms with Gasteiger partial charge in [-0.1, -0.05) is 24.6 Å². The third kappa shape index (κ3) is 14.1. The van der Waals surface area contributed by atoms with Crippen LogP contribution >= 0.6 is 0 Å². The van der Waals surface area contributed by atoms with E-state index in [4.69, 9.17) is 24.1 Å². The van der Waals surface area contributed by atoms with Crippen LogP contribution in [0.2, 0.25) is 0 Å². The van der Waals surface area contributed by atoms with Gasteiger partial charge in [-0.15, -0.1) is 10.2 Å². The topological polar surface area (TPSA) is 172 Å². The van der Waals surface area contributed by atoms with E-state index in [0.717, 1.165) is 48.5 Å². The number of carbonyl (C=O) groups is 2. The summed E-state index contributed by atoms with van der Waals surface area (Å²) in [5.41, 5.74) is 2.99. The van der Waals surface area contributed by atoms with Gasteiger partial charge >= 0.3 is 5.97 Å². The van der Waals surface area contributed by atoms with E-state index in [2.05, 4.69) is 30.8 Å². The van der Waals surface area contributed by atoms with Gasteiger partial charge in [-0.05, 0) is 74.6 Å². The maximum absolute atomic E-state index is 13.2. The molecule has 2 aromatic heterocycles. The molecule has 1 atom stereocenters. The van der Waals surface area contributed by atoms with E-state index in [1.54, 1.807) is 18.3 Å². The molecule has 3 N–H and O–H groups in total. The second-order valence-electron chi connectivity index (χ2n) is 11.9. The Kier molecular flexibility index (Phi) is 16.8. The fourth-order valence-corrected chi connectivity index (χ4v) is 5.07. The molecule has 0 saturated carbocycles. The second-order valence-corrected chi connectivity index (χ2v) is 11.9. The Balaban J connectivity index is 1.08. The van der Waals surface area contributed by atoms with Crippen molar-refractivity contribution < 1.29 is 33.6 Å². The lowest BCUT2D eigenvalue weighted by molar-refractivity contribution is -0.137. The van der Waals surface area contributed by atoms with E-state index >= 15 is 0 Å². The number of amides is 1. The van der Waals surface area contributed by atoms with Crippen LogP contribution in [0.3, 0.4) is 0 Å². The largest absolute Gasteiger partial charge is 0.494 e. The summed E-state index contributed by atoms with van der Waals surface area (Å²) in [6.45, 7) is 6.10. The maximum atomic E-state index is 13.2. The number of aliphatic carboxylic acids is 1. The van der Waals surface area contributed by atoms with Gasteiger partial charge in [-0.3, -0.25) is 9.59 Å². The van der Waals surface area contributed by atoms with Crippen molar-refractivity contribution in [3.63, 3.8) is 0 Å². The highest BCUT2D eigenvalue weighted by Gasteiger charge is 2.14. The highest BCUT2D eigenvalue weighted by Crippen LogP contribution is 2.21. The number of hydrogen-bond acceptors (Lipinski definition) is 11. The molecule has 0 aliphatic carbocycles. The number of carboxylic acids is 1. The standard InChI is InChI=1S/C37H49N7O7/c1-28(41-37(47)30-11-7-12-31(24-30)39-26-34-42-43-36(44(34)2)33-15-16-38-27-40-33)29-10-8-13-32(25-29)51-19-6-4-3-5-17-48-20-22-50-23-21-49-18-9-14-35(45)46/h7-8,10-13,15-16,24-25,27-28,39H,3-6,9,14,17-23,26H2,1-2H3,(H,41,47)(H,45,46)/t28-/m0/s1. The minimum Gasteiger partial charge on any atom is -0.494 e. The Morgan fingerprint density at radius 2 is 1.57 bits per heavy atom. The number of benzene rings is 2. The van der Waals surface area contributed by atoms with Crippen LogP contribution in [0, 0.1) is 0 Å². The zero-order valence-electron chi connectivity index (χ0n) is 29.5. The van der Waals surface area contributed by atoms with Crippen molar-refractivity contribution in [1.29, 1.82) is 0 Å². The molecule has 4 aromatic rings. The fraction of sp³-hybridized carbons (Fsp3) is 0.459. The first kappa shape index (κ1) is 38.9. The van der Waals surface area contributed by atoms with Crippen LogP contribution in [-0.4, -0.2) is 88.0 Å². The molecule has 0 unspecified atom stereocenters. The lowest BCUT2D eigenvalue weighted by Gasteiger charge is -2.16. The second kappa shape index (κ2) is 22.0. The number of nitrogens with zero attached hydrogens (tertiary/aromatic N) is 5. The number of rotatable bonds is 25. The van der Waals surface area contributed by atoms with E-state index < -0.39 is 5.97 Å². The SMILES string of the molecule is C[C@H](NC(=O)c1cccc(NCc2nnc(-c3ccncn3)n2C)c1)c1cccc(OCCCCCCOCCOCCOCCCC(=O)O)c1. The molecule has 0 aliphatic heterocycles. The summed E-state index contributed by atoms with van der Waals surface area (Å²) in [5, 5.41) is 23.6. The maximum Gasteiger partial charge on any atom is 0.303 e. The van der Waals surface area contributed by atoms with Gasteiger partial charge in [0.25, 0.3) is 5.91 Å². The molecule has 0 saturated heterocycles. The van der Waals surface area contributed by atoms with Crippen molar-refractivity contribution in [2.45, 2.75) is 58.0 Å². The summed E-state index contributed by atoms with van der Waals surface area (Å²) in [5.74, 6) is 1.18. The zero-order valence-corrected chi connectivity index (χ0v) is 29.5. The van der Waals surface area contributed by atoms with Crippen molar-refractivity contribution >= 4 is 17.6 Å². The van der Waals surface area contributed by atoms with E-state index in [1.807, 2.05) is 61.0 Å². The van der Waals surface area contributed by atoms with Crippen molar-refractivity contribution in [2.75, 3.05) is 51.6 Å². The van der Waals surface area contributed by atoms with Crippen LogP contribution in [0.4, 0.5) is 5.69 Å². The molecule has 0 spiro atoms. The Bertz CT molecular complexity index is 1620. The summed E-state index contributed by atoms with van der Waals surface area (Å²) < 4.78 is 24.3. The van der Waals surface area contributed by atoms with Crippen LogP contribution in [0.25, 0.3) is 11.5 Å². The molecule has 0 bridgehead atoms. The highest BCUT2D eigenvalue weighted by molar-refractivity contribution is 5.95. The molecule has 14 nitrogen and oxygen atoms in total. The lowest BCUT2D eigenvalue weighted by atomic mass is 10.1. The normalized spacial score (nSPS) is 11.6. The minimum atomic E-state index is -0.808. The third-order valence-corrected chi connectivity index (χ3v) is 7.93. The molecular weight excluding hydrogens is 654 g/mol. The summed E-state index contributed by atoms with van der Waals surface area (Å²) in [6.07, 6.45) is 7.79. The quantitative estimate of drug-likeness (QED) is 0.0769. The smallest absolute Gasteiger partial charge is 0.303 e. The van der Waals surface area contributed by atoms with Crippen molar-refractivity contribution in [3.05, 3.63) is 84.1 Å². The first-order chi connectivity index (χ1) is 24.9. The molecule has 0 fully saturated rings. The number of hydrogen-bond donors (Lipinski definition) is 3. The van der Waals surface area contributed by atoms with Crippen LogP contribution in [0.5, 0.6) is 5.75 Å². The molecule has 2 aromatic carbocycles. The average Bonchev–Trinajstić information content (AvgIpc) is 3.52. The van der Waals surface area contributed by atoms with Crippen LogP contribution in [0.15, 0.2) is 67.1 Å². The Labute approximate surface area is 298 Å². The van der Waals surface area contributed by atoms with Gasteiger partial charge in [0.1, 0.15) is 17.8 Å². The molecular formula is C37H49N7O7. The number of ether oxygens (including phenoxy) is 4. The van der Waals surface area contributed by atoms with E-state index in [-0.39, 0.29) is 18.4 Å². The molecule has 4 rings (SSSR count). The van der Waals surface area contributed by atoms with Gasteiger partial charge in [-0.25, -0.2) is 9.97 Å². The molecule has 14 heteroatoms. The molecule has 51 heavy (non-hydrogen) atoms. The molecule has 1 amide bonds. The van der Waals surface area contributed by atoms with Gasteiger partial charge in [0.15, 0.2) is 11.6 Å². The van der Waals surface area contributed by atoms with Gasteiger partial charge < -0.3 is 39.3 Å². The van der Waals surface area contributed by atoms with Gasteiger partial charge in [0, 0.05) is 44.1 Å². The number of nitrogens with one attached hydrogen (secondary N) is 2. The van der Waals surface area contributed by atoms with Crippen molar-refractivity contribution in [3.8, 4) is 17.3 Å². The predicted octanol–water partition coefficient (Wildman–Crippen LogP) is 5.23. The van der Waals surface area contributed by atoms with E-state index in [9.17, 15) is 9.59 Å². The number of aromatic nitrogens is 5. The monoisotopic (exact) mass is 703 g/mol. The number of carboxylic acid groups (broad SMARTS) is 1. The van der Waals surface area contributed by atoms with Crippen LogP contribution < -0.4 is 15.4 Å². The summed E-state index contributed by atoms with van der Waals surface area (Å²) in [7, 11) is 1.89. The van der Waals surface area contributed by atoms with Crippen LogP contribution in [0.1, 0.15) is 73.2 Å². The number of carbonyl (C=O) groups excluding carboxylic acids is 1. The predicted molar refractivity (Wildman–Crippen MR) is 191 cm³/mol. The highest BCUT2D eigenvalue weighted by atomic mass is 16.5. The first-order valence-corrected chi connectivity index (χ1v) is 17.4. The van der Waals surface area contributed by atoms with Gasteiger partial charge in [-0.2, -0.15) is 0 Å². The van der Waals surface area contributed by atoms with Crippen molar-refractivity contribution in [2.24, 2.45) is 7.05 Å². The molecule has 274 valence electrons. The molecule has 0 radical (unpaired) electrons. The summed E-state index contributed by atoms with van der Waals surface area (Å²) >= 11 is 0.